The predicted molar refractivity (Wildman–Crippen MR) is 89.2 cm³/mol. The molecule has 0 bridgehead atoms. The van der Waals surface area contributed by atoms with Gasteiger partial charge in [-0.15, -0.1) is 11.8 Å². The lowest BCUT2D eigenvalue weighted by atomic mass is 10.2. The maximum atomic E-state index is 12.8. The molecule has 2 rings (SSSR count). The Morgan fingerprint density at radius 3 is 2.22 bits per heavy atom. The van der Waals surface area contributed by atoms with Gasteiger partial charge in [-0.1, -0.05) is 29.3 Å². The molecule has 0 aliphatic heterocycles. The molecule has 2 aromatic rings. The fourth-order valence-corrected chi connectivity index (χ4v) is 3.08. The number of nitrogens with one attached hydrogen (secondary N) is 2. The summed E-state index contributed by atoms with van der Waals surface area (Å²) in [6.45, 7) is 0. The summed E-state index contributed by atoms with van der Waals surface area (Å²) in [4.78, 5) is 24.1. The number of thioether (sulfide) groups is 1. The summed E-state index contributed by atoms with van der Waals surface area (Å²) in [6, 6.07) is 9.99. The van der Waals surface area contributed by atoms with E-state index in [9.17, 15) is 14.0 Å². The van der Waals surface area contributed by atoms with Gasteiger partial charge in [-0.25, -0.2) is 4.39 Å². The maximum absolute atomic E-state index is 12.8. The molecule has 0 saturated carbocycles. The van der Waals surface area contributed by atoms with E-state index >= 15 is 0 Å². The SMILES string of the molecule is O=C(CSc1c(Cl)cccc1Cl)NNC(=O)c1ccc(F)cc1. The highest BCUT2D eigenvalue weighted by Crippen LogP contribution is 2.33. The van der Waals surface area contributed by atoms with Crippen LogP contribution in [-0.4, -0.2) is 17.6 Å². The lowest BCUT2D eigenvalue weighted by Gasteiger charge is -2.08. The Balaban J connectivity index is 1.83. The van der Waals surface area contributed by atoms with Crippen LogP contribution in [0.3, 0.4) is 0 Å². The fraction of sp³-hybridized carbons (Fsp3) is 0.0667. The highest BCUT2D eigenvalue weighted by Gasteiger charge is 2.11. The first-order chi connectivity index (χ1) is 11.0. The summed E-state index contributed by atoms with van der Waals surface area (Å²) in [5.74, 6) is -1.40. The van der Waals surface area contributed by atoms with Gasteiger partial charge in [0.15, 0.2) is 0 Å². The highest BCUT2D eigenvalue weighted by molar-refractivity contribution is 8.00. The van der Waals surface area contributed by atoms with Crippen LogP contribution < -0.4 is 10.9 Å². The number of hydrogen-bond donors (Lipinski definition) is 2. The van der Waals surface area contributed by atoms with E-state index in [0.717, 1.165) is 23.9 Å². The van der Waals surface area contributed by atoms with Crippen LogP contribution in [0.4, 0.5) is 4.39 Å². The van der Waals surface area contributed by atoms with E-state index in [1.165, 1.54) is 12.1 Å². The summed E-state index contributed by atoms with van der Waals surface area (Å²) in [6.07, 6.45) is 0. The smallest absolute Gasteiger partial charge is 0.269 e. The standard InChI is InChI=1S/C15H11Cl2FN2O2S/c16-11-2-1-3-12(17)14(11)23-8-13(21)19-20-15(22)9-4-6-10(18)7-5-9/h1-7H,8H2,(H,19,21)(H,20,22). The molecular weight excluding hydrogens is 362 g/mol. The van der Waals surface area contributed by atoms with E-state index in [4.69, 9.17) is 23.2 Å². The molecule has 23 heavy (non-hydrogen) atoms. The van der Waals surface area contributed by atoms with Gasteiger partial charge < -0.3 is 0 Å². The molecule has 4 nitrogen and oxygen atoms in total. The van der Waals surface area contributed by atoms with Gasteiger partial charge in [0.1, 0.15) is 5.82 Å². The summed E-state index contributed by atoms with van der Waals surface area (Å²) in [5.41, 5.74) is 4.74. The second-order valence-electron chi connectivity index (χ2n) is 4.35. The fourth-order valence-electron chi connectivity index (χ4n) is 1.59. The Morgan fingerprint density at radius 1 is 1.00 bits per heavy atom. The van der Waals surface area contributed by atoms with Gasteiger partial charge in [0.05, 0.1) is 15.8 Å². The Labute approximate surface area is 146 Å². The van der Waals surface area contributed by atoms with Crippen molar-refractivity contribution in [3.8, 4) is 0 Å². The molecule has 0 radical (unpaired) electrons. The first-order valence-electron chi connectivity index (χ1n) is 6.39. The van der Waals surface area contributed by atoms with Crippen molar-refractivity contribution in [2.45, 2.75) is 4.90 Å². The minimum atomic E-state index is -0.542. The lowest BCUT2D eigenvalue weighted by molar-refractivity contribution is -0.119. The number of rotatable bonds is 4. The van der Waals surface area contributed by atoms with Crippen molar-refractivity contribution in [1.82, 2.24) is 10.9 Å². The molecule has 0 atom stereocenters. The van der Waals surface area contributed by atoms with E-state index < -0.39 is 17.6 Å². The Bertz CT molecular complexity index is 706. The summed E-state index contributed by atoms with van der Waals surface area (Å²) in [7, 11) is 0. The molecule has 2 aromatic carbocycles. The van der Waals surface area contributed by atoms with Gasteiger partial charge >= 0.3 is 0 Å². The second kappa shape index (κ2) is 8.19. The zero-order chi connectivity index (χ0) is 16.8. The Hall–Kier alpha value is -1.76. The van der Waals surface area contributed by atoms with Crippen molar-refractivity contribution < 1.29 is 14.0 Å². The number of carbonyl (C=O) groups excluding carboxylic acids is 2. The van der Waals surface area contributed by atoms with Gasteiger partial charge in [-0.3, -0.25) is 20.4 Å². The predicted octanol–water partition coefficient (Wildman–Crippen LogP) is 3.69. The number of hydrazine groups is 1. The molecule has 120 valence electrons. The molecule has 0 aliphatic carbocycles. The van der Waals surface area contributed by atoms with Crippen LogP contribution in [0.15, 0.2) is 47.4 Å². The zero-order valence-electron chi connectivity index (χ0n) is 11.6. The van der Waals surface area contributed by atoms with Crippen LogP contribution in [0.2, 0.25) is 10.0 Å². The molecule has 0 fully saturated rings. The second-order valence-corrected chi connectivity index (χ2v) is 6.15. The van der Waals surface area contributed by atoms with E-state index in [-0.39, 0.29) is 11.3 Å². The third kappa shape index (κ3) is 5.13. The molecular formula is C15H11Cl2FN2O2S. The number of benzene rings is 2. The molecule has 0 saturated heterocycles. The van der Waals surface area contributed by atoms with Gasteiger partial charge in [0.25, 0.3) is 5.91 Å². The molecule has 2 N–H and O–H groups in total. The summed E-state index contributed by atoms with van der Waals surface area (Å²) in [5, 5.41) is 0.899. The zero-order valence-corrected chi connectivity index (χ0v) is 13.9. The van der Waals surface area contributed by atoms with E-state index in [0.29, 0.717) is 14.9 Å². The number of carbonyl (C=O) groups is 2. The summed E-state index contributed by atoms with van der Waals surface area (Å²) >= 11 is 13.1. The summed E-state index contributed by atoms with van der Waals surface area (Å²) < 4.78 is 12.8. The number of hydrogen-bond acceptors (Lipinski definition) is 3. The van der Waals surface area contributed by atoms with Gasteiger partial charge in [0.2, 0.25) is 5.91 Å². The normalized spacial score (nSPS) is 10.2. The van der Waals surface area contributed by atoms with Crippen LogP contribution in [-0.2, 0) is 4.79 Å². The average Bonchev–Trinajstić information content (AvgIpc) is 2.53. The Kier molecular flexibility index (Phi) is 6.27. The number of amides is 2. The number of halogens is 3. The van der Waals surface area contributed by atoms with Crippen molar-refractivity contribution in [2.24, 2.45) is 0 Å². The van der Waals surface area contributed by atoms with Gasteiger partial charge in [-0.2, -0.15) is 0 Å². The first kappa shape index (κ1) is 17.6. The molecule has 0 spiro atoms. The van der Waals surface area contributed by atoms with E-state index in [1.807, 2.05) is 0 Å². The quantitative estimate of drug-likeness (QED) is 0.635. The van der Waals surface area contributed by atoms with Crippen molar-refractivity contribution in [1.29, 1.82) is 0 Å². The van der Waals surface area contributed by atoms with Crippen molar-refractivity contribution >= 4 is 46.8 Å². The van der Waals surface area contributed by atoms with Gasteiger partial charge in [0, 0.05) is 10.5 Å². The maximum Gasteiger partial charge on any atom is 0.269 e. The van der Waals surface area contributed by atoms with Crippen molar-refractivity contribution in [3.63, 3.8) is 0 Å². The van der Waals surface area contributed by atoms with Crippen LogP contribution in [0.25, 0.3) is 0 Å². The van der Waals surface area contributed by atoms with Gasteiger partial charge in [-0.05, 0) is 36.4 Å². The van der Waals surface area contributed by atoms with Crippen molar-refractivity contribution in [3.05, 3.63) is 63.9 Å². The minimum Gasteiger partial charge on any atom is -0.272 e. The third-order valence-electron chi connectivity index (χ3n) is 2.69. The molecule has 0 heterocycles. The monoisotopic (exact) mass is 372 g/mol. The van der Waals surface area contributed by atoms with Crippen LogP contribution in [0.1, 0.15) is 10.4 Å². The Morgan fingerprint density at radius 2 is 1.61 bits per heavy atom. The molecule has 0 aliphatic rings. The minimum absolute atomic E-state index is 0.0210. The average molecular weight is 373 g/mol. The molecule has 0 unspecified atom stereocenters. The lowest BCUT2D eigenvalue weighted by Crippen LogP contribution is -2.42. The largest absolute Gasteiger partial charge is 0.272 e. The van der Waals surface area contributed by atoms with E-state index in [2.05, 4.69) is 10.9 Å². The molecule has 8 heteroatoms. The topological polar surface area (TPSA) is 58.2 Å². The first-order valence-corrected chi connectivity index (χ1v) is 8.13. The van der Waals surface area contributed by atoms with Crippen LogP contribution >= 0.6 is 35.0 Å². The van der Waals surface area contributed by atoms with E-state index in [1.54, 1.807) is 18.2 Å². The molecule has 2 amide bonds. The van der Waals surface area contributed by atoms with Crippen LogP contribution in [0, 0.1) is 5.82 Å². The van der Waals surface area contributed by atoms with Crippen molar-refractivity contribution in [2.75, 3.05) is 5.75 Å². The third-order valence-corrected chi connectivity index (χ3v) is 4.68. The highest BCUT2D eigenvalue weighted by atomic mass is 35.5. The van der Waals surface area contributed by atoms with Crippen LogP contribution in [0.5, 0.6) is 0 Å². The molecule has 0 aromatic heterocycles.